The quantitative estimate of drug-likeness (QED) is 0.858. The number of hydrogen-bond donors (Lipinski definition) is 1. The number of hydrogen-bond acceptors (Lipinski definition) is 3. The topological polar surface area (TPSA) is 68.2 Å². The maximum absolute atomic E-state index is 12.4. The normalized spacial score (nSPS) is 22.7. The number of fused-ring (bicyclic) bond motifs is 1. The van der Waals surface area contributed by atoms with Crippen LogP contribution in [0.25, 0.3) is 10.9 Å². The van der Waals surface area contributed by atoms with Crippen LogP contribution in [0.5, 0.6) is 0 Å². The van der Waals surface area contributed by atoms with Gasteiger partial charge in [-0.15, -0.1) is 0 Å². The zero-order valence-corrected chi connectivity index (χ0v) is 17.1. The average Bonchev–Trinajstić information content (AvgIpc) is 3.39. The van der Waals surface area contributed by atoms with Gasteiger partial charge in [-0.2, -0.15) is 0 Å². The first-order valence-corrected chi connectivity index (χ1v) is 11.4. The lowest BCUT2D eigenvalue weighted by Gasteiger charge is -2.35. The molecule has 1 N–H and O–H groups in total. The minimum atomic E-state index is -3.53. The minimum Gasteiger partial charge on any atom is -0.350 e. The Labute approximate surface area is 161 Å². The second-order valence-corrected chi connectivity index (χ2v) is 11.0. The van der Waals surface area contributed by atoms with Gasteiger partial charge >= 0.3 is 0 Å². The number of rotatable bonds is 4. The van der Waals surface area contributed by atoms with Gasteiger partial charge in [-0.05, 0) is 61.1 Å². The van der Waals surface area contributed by atoms with E-state index < -0.39 is 21.2 Å². The van der Waals surface area contributed by atoms with E-state index in [0.717, 1.165) is 5.52 Å². The van der Waals surface area contributed by atoms with Crippen LogP contribution in [0.15, 0.2) is 24.4 Å². The molecule has 2 saturated carbocycles. The second-order valence-electron chi connectivity index (χ2n) is 9.06. The summed E-state index contributed by atoms with van der Waals surface area (Å²) in [4.78, 5) is 12.4. The largest absolute Gasteiger partial charge is 0.350 e. The van der Waals surface area contributed by atoms with Crippen LogP contribution >= 0.6 is 0 Å². The molecule has 1 atom stereocenters. The molecule has 5 nitrogen and oxygen atoms in total. The summed E-state index contributed by atoms with van der Waals surface area (Å²) >= 11 is 0. The Hall–Kier alpha value is -1.82. The highest BCUT2D eigenvalue weighted by molar-refractivity contribution is 7.91. The zero-order valence-electron chi connectivity index (χ0n) is 16.3. The van der Waals surface area contributed by atoms with Crippen molar-refractivity contribution >= 4 is 26.8 Å². The summed E-state index contributed by atoms with van der Waals surface area (Å²) in [6.45, 7) is 4.68. The van der Waals surface area contributed by atoms with Crippen LogP contribution in [-0.4, -0.2) is 24.1 Å². The Balaban J connectivity index is 1.64. The number of aryl methyl sites for hydroxylation is 1. The van der Waals surface area contributed by atoms with Gasteiger partial charge in [0.2, 0.25) is 10.0 Å². The van der Waals surface area contributed by atoms with Gasteiger partial charge in [0, 0.05) is 29.7 Å². The van der Waals surface area contributed by atoms with Gasteiger partial charge in [0.15, 0.2) is 0 Å². The average molecular weight is 389 g/mol. The molecule has 146 valence electrons. The molecule has 2 aliphatic carbocycles. The Morgan fingerprint density at radius 1 is 1.22 bits per heavy atom. The van der Waals surface area contributed by atoms with Gasteiger partial charge in [0.05, 0.1) is 5.25 Å². The first-order valence-electron chi connectivity index (χ1n) is 9.81. The Morgan fingerprint density at radius 2 is 1.96 bits per heavy atom. The van der Waals surface area contributed by atoms with Crippen molar-refractivity contribution in [1.82, 2.24) is 9.29 Å². The molecule has 1 heterocycles. The van der Waals surface area contributed by atoms with Crippen molar-refractivity contribution in [2.75, 3.05) is 0 Å². The molecular formula is C21H28N2O3S. The predicted octanol–water partition coefficient (Wildman–Crippen LogP) is 4.08. The summed E-state index contributed by atoms with van der Waals surface area (Å²) < 4.78 is 28.4. The second kappa shape index (κ2) is 6.36. The van der Waals surface area contributed by atoms with Gasteiger partial charge in [0.1, 0.15) is 0 Å². The fourth-order valence-corrected chi connectivity index (χ4v) is 5.79. The van der Waals surface area contributed by atoms with E-state index in [1.807, 2.05) is 19.2 Å². The highest BCUT2D eigenvalue weighted by Crippen LogP contribution is 2.45. The number of sulfonamides is 1. The third-order valence-electron chi connectivity index (χ3n) is 6.13. The van der Waals surface area contributed by atoms with E-state index in [4.69, 9.17) is 0 Å². The molecule has 0 bridgehead atoms. The van der Waals surface area contributed by atoms with Gasteiger partial charge in [-0.1, -0.05) is 26.3 Å². The van der Waals surface area contributed by atoms with E-state index in [1.165, 1.54) is 36.6 Å². The van der Waals surface area contributed by atoms with E-state index >= 15 is 0 Å². The molecule has 4 rings (SSSR count). The SMILES string of the molecule is Cn1cc(C2CCCC(C)(C)C2)c2ccc(C(=O)NS(=O)(=O)C3CC3)cc21. The summed E-state index contributed by atoms with van der Waals surface area (Å²) in [7, 11) is -1.54. The first-order chi connectivity index (χ1) is 12.7. The lowest BCUT2D eigenvalue weighted by molar-refractivity contribution is 0.0981. The van der Waals surface area contributed by atoms with E-state index in [9.17, 15) is 13.2 Å². The van der Waals surface area contributed by atoms with E-state index in [-0.39, 0.29) is 0 Å². The number of benzene rings is 1. The maximum atomic E-state index is 12.4. The molecule has 1 amide bonds. The van der Waals surface area contributed by atoms with E-state index in [1.54, 1.807) is 6.07 Å². The maximum Gasteiger partial charge on any atom is 0.264 e. The Morgan fingerprint density at radius 3 is 2.63 bits per heavy atom. The Bertz CT molecular complexity index is 1000. The lowest BCUT2D eigenvalue weighted by atomic mass is 9.70. The van der Waals surface area contributed by atoms with Crippen LogP contribution in [0.3, 0.4) is 0 Å². The van der Waals surface area contributed by atoms with Crippen LogP contribution in [0.1, 0.15) is 74.2 Å². The fourth-order valence-electron chi connectivity index (χ4n) is 4.50. The summed E-state index contributed by atoms with van der Waals surface area (Å²) in [5.74, 6) is -0.00211. The van der Waals surface area contributed by atoms with Gasteiger partial charge in [-0.25, -0.2) is 13.1 Å². The van der Waals surface area contributed by atoms with Crippen molar-refractivity contribution in [3.63, 3.8) is 0 Å². The van der Waals surface area contributed by atoms with Crippen LogP contribution in [0, 0.1) is 5.41 Å². The Kier molecular flexibility index (Phi) is 4.37. The molecule has 2 aliphatic rings. The molecular weight excluding hydrogens is 360 g/mol. The number of carbonyl (C=O) groups is 1. The first kappa shape index (κ1) is 18.5. The third kappa shape index (κ3) is 3.64. The number of aromatic nitrogens is 1. The van der Waals surface area contributed by atoms with Crippen LogP contribution in [0.4, 0.5) is 0 Å². The molecule has 2 fully saturated rings. The molecule has 0 saturated heterocycles. The van der Waals surface area contributed by atoms with Crippen LogP contribution in [-0.2, 0) is 17.1 Å². The lowest BCUT2D eigenvalue weighted by Crippen LogP contribution is -2.33. The molecule has 0 spiro atoms. The van der Waals surface area contributed by atoms with Gasteiger partial charge in [0.25, 0.3) is 5.91 Å². The van der Waals surface area contributed by atoms with Crippen molar-refractivity contribution in [3.8, 4) is 0 Å². The fraction of sp³-hybridized carbons (Fsp3) is 0.571. The minimum absolute atomic E-state index is 0.363. The van der Waals surface area contributed by atoms with Crippen molar-refractivity contribution in [3.05, 3.63) is 35.5 Å². The summed E-state index contributed by atoms with van der Waals surface area (Å²) in [5.41, 5.74) is 3.08. The highest BCUT2D eigenvalue weighted by Gasteiger charge is 2.37. The molecule has 2 aromatic rings. The molecule has 27 heavy (non-hydrogen) atoms. The van der Waals surface area contributed by atoms with Crippen molar-refractivity contribution in [1.29, 1.82) is 0 Å². The molecule has 0 aliphatic heterocycles. The van der Waals surface area contributed by atoms with Crippen molar-refractivity contribution in [2.24, 2.45) is 12.5 Å². The zero-order chi connectivity index (χ0) is 19.4. The monoisotopic (exact) mass is 388 g/mol. The number of nitrogens with zero attached hydrogens (tertiary/aromatic N) is 1. The predicted molar refractivity (Wildman–Crippen MR) is 107 cm³/mol. The number of carbonyl (C=O) groups excluding carboxylic acids is 1. The number of amides is 1. The summed E-state index contributed by atoms with van der Waals surface area (Å²) in [5, 5.41) is 0.767. The molecule has 6 heteroatoms. The van der Waals surface area contributed by atoms with E-state index in [0.29, 0.717) is 29.7 Å². The van der Waals surface area contributed by atoms with Crippen LogP contribution in [0.2, 0.25) is 0 Å². The highest BCUT2D eigenvalue weighted by atomic mass is 32.2. The smallest absolute Gasteiger partial charge is 0.264 e. The standard InChI is InChI=1S/C21H28N2O3S/c1-21(2)10-4-5-15(12-21)18-13-23(3)19-11-14(6-9-17(18)19)20(24)22-27(25,26)16-7-8-16/h6,9,11,13,15-16H,4-5,7-8,10,12H2,1-3H3,(H,22,24). The summed E-state index contributed by atoms with van der Waals surface area (Å²) in [6, 6.07) is 5.53. The van der Waals surface area contributed by atoms with Gasteiger partial charge < -0.3 is 4.57 Å². The molecule has 1 aromatic carbocycles. The van der Waals surface area contributed by atoms with Gasteiger partial charge in [-0.3, -0.25) is 4.79 Å². The van der Waals surface area contributed by atoms with Crippen molar-refractivity contribution in [2.45, 2.75) is 63.5 Å². The molecule has 1 unspecified atom stereocenters. The number of nitrogens with one attached hydrogen (secondary N) is 1. The van der Waals surface area contributed by atoms with E-state index in [2.05, 4.69) is 29.3 Å². The van der Waals surface area contributed by atoms with Crippen molar-refractivity contribution < 1.29 is 13.2 Å². The third-order valence-corrected chi connectivity index (χ3v) is 7.95. The molecule has 1 aromatic heterocycles. The molecule has 0 radical (unpaired) electrons. The summed E-state index contributed by atoms with van der Waals surface area (Å²) in [6.07, 6.45) is 8.35. The van der Waals surface area contributed by atoms with Crippen LogP contribution < -0.4 is 4.72 Å².